The van der Waals surface area contributed by atoms with Gasteiger partial charge in [-0.3, -0.25) is 9.36 Å². The van der Waals surface area contributed by atoms with Crippen molar-refractivity contribution >= 4 is 21.7 Å². The van der Waals surface area contributed by atoms with E-state index in [0.29, 0.717) is 37.3 Å². The Labute approximate surface area is 156 Å². The molecule has 0 amide bonds. The monoisotopic (exact) mass is 360 g/mol. The molecular weight excluding hydrogens is 340 g/mol. The highest BCUT2D eigenvalue weighted by Crippen LogP contribution is 2.20. The molecule has 4 aromatic rings. The maximum absolute atomic E-state index is 12.4. The zero-order valence-electron chi connectivity index (χ0n) is 14.9. The van der Waals surface area contributed by atoms with E-state index in [9.17, 15) is 4.79 Å². The van der Waals surface area contributed by atoms with Crippen LogP contribution in [0.4, 0.5) is 0 Å². The number of ether oxygens (including phenoxy) is 2. The van der Waals surface area contributed by atoms with Gasteiger partial charge >= 0.3 is 0 Å². The molecule has 0 aliphatic heterocycles. The molecular formula is C22H20N2O3. The molecule has 0 fully saturated rings. The first-order valence-corrected chi connectivity index (χ1v) is 8.95. The Balaban J connectivity index is 1.25. The van der Waals surface area contributed by atoms with Crippen LogP contribution in [0.3, 0.4) is 0 Å². The Morgan fingerprint density at radius 2 is 1.67 bits per heavy atom. The van der Waals surface area contributed by atoms with Crippen LogP contribution in [0, 0.1) is 0 Å². The summed E-state index contributed by atoms with van der Waals surface area (Å²) in [4.78, 5) is 16.7. The van der Waals surface area contributed by atoms with Crippen molar-refractivity contribution in [2.45, 2.75) is 6.54 Å². The average molecular weight is 360 g/mol. The fourth-order valence-electron chi connectivity index (χ4n) is 3.01. The molecule has 0 aliphatic carbocycles. The van der Waals surface area contributed by atoms with E-state index < -0.39 is 0 Å². The molecule has 1 heterocycles. The van der Waals surface area contributed by atoms with Crippen molar-refractivity contribution in [1.29, 1.82) is 0 Å². The van der Waals surface area contributed by atoms with E-state index in [1.165, 1.54) is 5.39 Å². The predicted molar refractivity (Wildman–Crippen MR) is 106 cm³/mol. The van der Waals surface area contributed by atoms with Crippen molar-refractivity contribution < 1.29 is 9.47 Å². The molecule has 0 radical (unpaired) electrons. The maximum Gasteiger partial charge on any atom is 0.261 e. The lowest BCUT2D eigenvalue weighted by Gasteiger charge is -2.09. The molecule has 1 aromatic heterocycles. The molecule has 0 saturated heterocycles. The minimum absolute atomic E-state index is 0.0448. The summed E-state index contributed by atoms with van der Waals surface area (Å²) in [6, 6.07) is 21.5. The lowest BCUT2D eigenvalue weighted by molar-refractivity contribution is 0.0938. The lowest BCUT2D eigenvalue weighted by atomic mass is 10.1. The van der Waals surface area contributed by atoms with Crippen LogP contribution in [0.15, 0.2) is 77.9 Å². The molecule has 3 aromatic carbocycles. The van der Waals surface area contributed by atoms with E-state index >= 15 is 0 Å². The highest BCUT2D eigenvalue weighted by Gasteiger charge is 2.03. The second-order valence-electron chi connectivity index (χ2n) is 6.23. The first kappa shape index (κ1) is 17.2. The van der Waals surface area contributed by atoms with Crippen LogP contribution in [0.2, 0.25) is 0 Å². The molecule has 0 bridgehead atoms. The number of benzene rings is 3. The van der Waals surface area contributed by atoms with Crippen LogP contribution >= 0.6 is 0 Å². The standard InChI is InChI=1S/C22H20N2O3/c25-22-20-7-3-4-8-21(20)23-16-24(22)11-12-26-13-14-27-19-10-9-17-5-1-2-6-18(17)15-19/h1-10,15-16H,11-14H2. The van der Waals surface area contributed by atoms with Gasteiger partial charge in [0, 0.05) is 0 Å². The quantitative estimate of drug-likeness (QED) is 0.472. The number of fused-ring (bicyclic) bond motifs is 2. The molecule has 136 valence electrons. The summed E-state index contributed by atoms with van der Waals surface area (Å²) < 4.78 is 12.9. The molecule has 0 atom stereocenters. The van der Waals surface area contributed by atoms with Gasteiger partial charge in [-0.1, -0.05) is 42.5 Å². The first-order chi connectivity index (χ1) is 13.3. The molecule has 0 unspecified atom stereocenters. The summed E-state index contributed by atoms with van der Waals surface area (Å²) in [5, 5.41) is 2.97. The van der Waals surface area contributed by atoms with Crippen LogP contribution < -0.4 is 10.3 Å². The Morgan fingerprint density at radius 1 is 0.852 bits per heavy atom. The third kappa shape index (κ3) is 3.99. The molecule has 0 aliphatic rings. The van der Waals surface area contributed by atoms with E-state index in [4.69, 9.17) is 9.47 Å². The second-order valence-corrected chi connectivity index (χ2v) is 6.23. The van der Waals surface area contributed by atoms with E-state index in [1.54, 1.807) is 17.0 Å². The molecule has 0 spiro atoms. The Kier molecular flexibility index (Phi) is 5.12. The summed E-state index contributed by atoms with van der Waals surface area (Å²) in [6.07, 6.45) is 1.57. The minimum atomic E-state index is -0.0448. The van der Waals surface area contributed by atoms with Crippen LogP contribution in [-0.4, -0.2) is 29.4 Å². The highest BCUT2D eigenvalue weighted by atomic mass is 16.5. The van der Waals surface area contributed by atoms with Gasteiger partial charge in [-0.2, -0.15) is 0 Å². The summed E-state index contributed by atoms with van der Waals surface area (Å²) in [7, 11) is 0. The number of aromatic nitrogens is 2. The normalized spacial score (nSPS) is 11.1. The van der Waals surface area contributed by atoms with Gasteiger partial charge in [0.2, 0.25) is 0 Å². The Bertz CT molecular complexity index is 1120. The van der Waals surface area contributed by atoms with Crippen molar-refractivity contribution in [1.82, 2.24) is 9.55 Å². The number of rotatable bonds is 7. The number of hydrogen-bond donors (Lipinski definition) is 0. The van der Waals surface area contributed by atoms with Gasteiger partial charge in [0.1, 0.15) is 12.4 Å². The van der Waals surface area contributed by atoms with Gasteiger partial charge in [-0.15, -0.1) is 0 Å². The topological polar surface area (TPSA) is 53.4 Å². The van der Waals surface area contributed by atoms with Crippen molar-refractivity contribution in [3.63, 3.8) is 0 Å². The second kappa shape index (κ2) is 8.01. The third-order valence-electron chi connectivity index (χ3n) is 4.43. The van der Waals surface area contributed by atoms with E-state index in [2.05, 4.69) is 17.1 Å². The highest BCUT2D eigenvalue weighted by molar-refractivity contribution is 5.83. The predicted octanol–water partition coefficient (Wildman–Crippen LogP) is 3.65. The zero-order valence-corrected chi connectivity index (χ0v) is 14.9. The van der Waals surface area contributed by atoms with E-state index in [1.807, 2.05) is 48.5 Å². The van der Waals surface area contributed by atoms with Gasteiger partial charge in [0.05, 0.1) is 37.0 Å². The van der Waals surface area contributed by atoms with Crippen LogP contribution in [0.1, 0.15) is 0 Å². The SMILES string of the molecule is O=c1c2ccccc2ncn1CCOCCOc1ccc2ccccc2c1. The fourth-order valence-corrected chi connectivity index (χ4v) is 3.01. The Morgan fingerprint density at radius 3 is 2.59 bits per heavy atom. The van der Waals surface area contributed by atoms with E-state index in [-0.39, 0.29) is 5.56 Å². The van der Waals surface area contributed by atoms with Gasteiger partial charge in [-0.05, 0) is 35.0 Å². The summed E-state index contributed by atoms with van der Waals surface area (Å²) in [5.74, 6) is 0.826. The average Bonchev–Trinajstić information content (AvgIpc) is 2.72. The van der Waals surface area contributed by atoms with Crippen LogP contribution in [0.25, 0.3) is 21.7 Å². The summed E-state index contributed by atoms with van der Waals surface area (Å²) in [5.41, 5.74) is 0.667. The van der Waals surface area contributed by atoms with Crippen LogP contribution in [0.5, 0.6) is 5.75 Å². The number of para-hydroxylation sites is 1. The van der Waals surface area contributed by atoms with Gasteiger partial charge in [0.25, 0.3) is 5.56 Å². The molecule has 0 saturated carbocycles. The molecule has 0 N–H and O–H groups in total. The molecule has 27 heavy (non-hydrogen) atoms. The maximum atomic E-state index is 12.4. The van der Waals surface area contributed by atoms with Crippen LogP contribution in [-0.2, 0) is 11.3 Å². The van der Waals surface area contributed by atoms with Crippen molar-refractivity contribution in [3.05, 3.63) is 83.4 Å². The third-order valence-corrected chi connectivity index (χ3v) is 4.43. The van der Waals surface area contributed by atoms with Crippen molar-refractivity contribution in [2.24, 2.45) is 0 Å². The largest absolute Gasteiger partial charge is 0.491 e. The van der Waals surface area contributed by atoms with Crippen molar-refractivity contribution in [3.8, 4) is 5.75 Å². The van der Waals surface area contributed by atoms with Gasteiger partial charge in [-0.25, -0.2) is 4.98 Å². The lowest BCUT2D eigenvalue weighted by Crippen LogP contribution is -2.23. The number of hydrogen-bond acceptors (Lipinski definition) is 4. The molecule has 5 heteroatoms. The smallest absolute Gasteiger partial charge is 0.261 e. The fraction of sp³-hybridized carbons (Fsp3) is 0.182. The summed E-state index contributed by atoms with van der Waals surface area (Å²) in [6.45, 7) is 1.82. The number of nitrogens with zero attached hydrogens (tertiary/aromatic N) is 2. The van der Waals surface area contributed by atoms with Crippen molar-refractivity contribution in [2.75, 3.05) is 19.8 Å². The molecule has 4 rings (SSSR count). The van der Waals surface area contributed by atoms with E-state index in [0.717, 1.165) is 11.1 Å². The summed E-state index contributed by atoms with van der Waals surface area (Å²) >= 11 is 0. The first-order valence-electron chi connectivity index (χ1n) is 8.95. The Hall–Kier alpha value is -3.18. The zero-order chi connectivity index (χ0) is 18.5. The van der Waals surface area contributed by atoms with Gasteiger partial charge < -0.3 is 9.47 Å². The van der Waals surface area contributed by atoms with Gasteiger partial charge in [0.15, 0.2) is 0 Å². The minimum Gasteiger partial charge on any atom is -0.491 e. The molecule has 5 nitrogen and oxygen atoms in total.